The predicted octanol–water partition coefficient (Wildman–Crippen LogP) is 2.18. The van der Waals surface area contributed by atoms with Gasteiger partial charge < -0.3 is 16.4 Å². The molecule has 2 aromatic carbocycles. The minimum Gasteiger partial charge on any atom is -0.354 e. The molecule has 0 aromatic heterocycles. The van der Waals surface area contributed by atoms with Gasteiger partial charge in [0.05, 0.1) is 0 Å². The first-order chi connectivity index (χ1) is 11.4. The van der Waals surface area contributed by atoms with Gasteiger partial charge in [-0.3, -0.25) is 9.59 Å². The predicted molar refractivity (Wildman–Crippen MR) is 95.4 cm³/mol. The van der Waals surface area contributed by atoms with Crippen LogP contribution < -0.4 is 16.4 Å². The van der Waals surface area contributed by atoms with Crippen LogP contribution in [-0.2, 0) is 21.5 Å². The van der Waals surface area contributed by atoms with Gasteiger partial charge >= 0.3 is 0 Å². The molecule has 126 valence electrons. The molecule has 2 aromatic rings. The Hall–Kier alpha value is -2.66. The van der Waals surface area contributed by atoms with Gasteiger partial charge in [0.1, 0.15) is 5.54 Å². The van der Waals surface area contributed by atoms with E-state index in [1.54, 1.807) is 6.92 Å². The molecule has 0 bridgehead atoms. The maximum Gasteiger partial charge on any atom is 0.244 e. The lowest BCUT2D eigenvalue weighted by Crippen LogP contribution is -2.49. The minimum atomic E-state index is -1.06. The van der Waals surface area contributed by atoms with Crippen LogP contribution in [0.5, 0.6) is 0 Å². The highest BCUT2D eigenvalue weighted by molar-refractivity contribution is 5.88. The number of nitrogens with one attached hydrogen (secondary N) is 2. The van der Waals surface area contributed by atoms with E-state index in [1.165, 1.54) is 6.92 Å². The molecule has 0 aliphatic carbocycles. The number of carbonyl (C=O) groups excluding carboxylic acids is 2. The van der Waals surface area contributed by atoms with Gasteiger partial charge in [0, 0.05) is 19.2 Å². The third-order valence-corrected chi connectivity index (χ3v) is 3.82. The molecular weight excluding hydrogens is 302 g/mol. The summed E-state index contributed by atoms with van der Waals surface area (Å²) < 4.78 is 0. The third-order valence-electron chi connectivity index (χ3n) is 3.82. The van der Waals surface area contributed by atoms with E-state index in [2.05, 4.69) is 10.6 Å². The molecule has 5 heteroatoms. The molecule has 1 unspecified atom stereocenters. The Balaban J connectivity index is 1.87. The lowest BCUT2D eigenvalue weighted by atomic mass is 9.92. The molecule has 0 saturated carbocycles. The van der Waals surface area contributed by atoms with Gasteiger partial charge in [-0.15, -0.1) is 0 Å². The van der Waals surface area contributed by atoms with Crippen molar-refractivity contribution in [1.82, 2.24) is 5.32 Å². The molecule has 1 atom stereocenters. The third kappa shape index (κ3) is 4.67. The van der Waals surface area contributed by atoms with Crippen LogP contribution in [0.15, 0.2) is 54.6 Å². The molecule has 24 heavy (non-hydrogen) atoms. The van der Waals surface area contributed by atoms with Crippen molar-refractivity contribution in [3.8, 4) is 0 Å². The van der Waals surface area contributed by atoms with Crippen molar-refractivity contribution in [2.24, 2.45) is 5.73 Å². The monoisotopic (exact) mass is 325 g/mol. The van der Waals surface area contributed by atoms with Gasteiger partial charge in [0.25, 0.3) is 0 Å². The van der Waals surface area contributed by atoms with E-state index in [0.29, 0.717) is 13.0 Å². The number of rotatable bonds is 6. The summed E-state index contributed by atoms with van der Waals surface area (Å²) >= 11 is 0. The quantitative estimate of drug-likeness (QED) is 0.761. The molecule has 2 amide bonds. The van der Waals surface area contributed by atoms with Crippen LogP contribution in [0.1, 0.15) is 25.0 Å². The second-order valence-electron chi connectivity index (χ2n) is 5.95. The summed E-state index contributed by atoms with van der Waals surface area (Å²) in [5, 5.41) is 5.60. The largest absolute Gasteiger partial charge is 0.354 e. The van der Waals surface area contributed by atoms with E-state index in [1.807, 2.05) is 54.6 Å². The van der Waals surface area contributed by atoms with Crippen LogP contribution in [0.3, 0.4) is 0 Å². The van der Waals surface area contributed by atoms with Crippen LogP contribution in [-0.4, -0.2) is 18.4 Å². The zero-order chi connectivity index (χ0) is 17.6. The highest BCUT2D eigenvalue weighted by Crippen LogP contribution is 2.17. The number of anilines is 1. The first kappa shape index (κ1) is 17.7. The summed E-state index contributed by atoms with van der Waals surface area (Å²) in [6.07, 6.45) is 0.691. The molecule has 0 saturated heterocycles. The Morgan fingerprint density at radius 1 is 1.04 bits per heavy atom. The van der Waals surface area contributed by atoms with Crippen LogP contribution in [0.4, 0.5) is 5.69 Å². The number of hydrogen-bond acceptors (Lipinski definition) is 3. The molecule has 0 aliphatic heterocycles. The number of amides is 2. The molecular formula is C19H23N3O2. The van der Waals surface area contributed by atoms with Crippen LogP contribution in [0.2, 0.25) is 0 Å². The molecule has 0 fully saturated rings. The van der Waals surface area contributed by atoms with Crippen LogP contribution >= 0.6 is 0 Å². The first-order valence-corrected chi connectivity index (χ1v) is 7.89. The number of hydrogen-bond donors (Lipinski definition) is 3. The zero-order valence-corrected chi connectivity index (χ0v) is 14.0. The SMILES string of the molecule is CC(=O)Nc1ccc(CCNC(=O)C(C)(N)c2ccccc2)cc1. The lowest BCUT2D eigenvalue weighted by Gasteiger charge is -2.24. The van der Waals surface area contributed by atoms with Crippen molar-refractivity contribution in [2.75, 3.05) is 11.9 Å². The fourth-order valence-corrected chi connectivity index (χ4v) is 2.38. The normalized spacial score (nSPS) is 13.0. The minimum absolute atomic E-state index is 0.0989. The topological polar surface area (TPSA) is 84.2 Å². The van der Waals surface area contributed by atoms with Gasteiger partial charge in [-0.25, -0.2) is 0 Å². The van der Waals surface area contributed by atoms with E-state index in [4.69, 9.17) is 5.73 Å². The van der Waals surface area contributed by atoms with Crippen molar-refractivity contribution in [1.29, 1.82) is 0 Å². The van der Waals surface area contributed by atoms with Crippen molar-refractivity contribution >= 4 is 17.5 Å². The zero-order valence-electron chi connectivity index (χ0n) is 14.0. The van der Waals surface area contributed by atoms with E-state index in [-0.39, 0.29) is 11.8 Å². The number of benzene rings is 2. The van der Waals surface area contributed by atoms with Gasteiger partial charge in [-0.2, -0.15) is 0 Å². The second-order valence-corrected chi connectivity index (χ2v) is 5.95. The van der Waals surface area contributed by atoms with Gasteiger partial charge in [0.2, 0.25) is 11.8 Å². The van der Waals surface area contributed by atoms with Crippen molar-refractivity contribution in [3.63, 3.8) is 0 Å². The number of nitrogens with two attached hydrogens (primary N) is 1. The highest BCUT2D eigenvalue weighted by Gasteiger charge is 2.29. The second kappa shape index (κ2) is 7.75. The Kier molecular flexibility index (Phi) is 5.71. The summed E-state index contributed by atoms with van der Waals surface area (Å²) in [6.45, 7) is 3.68. The van der Waals surface area contributed by atoms with Crippen LogP contribution in [0, 0.1) is 0 Å². The summed E-state index contributed by atoms with van der Waals surface area (Å²) in [6, 6.07) is 16.9. The molecule has 0 heterocycles. The Morgan fingerprint density at radius 3 is 2.25 bits per heavy atom. The summed E-state index contributed by atoms with van der Waals surface area (Å²) in [5.74, 6) is -0.304. The maximum absolute atomic E-state index is 12.3. The average molecular weight is 325 g/mol. The molecule has 4 N–H and O–H groups in total. The van der Waals surface area contributed by atoms with E-state index < -0.39 is 5.54 Å². The standard InChI is InChI=1S/C19H23N3O2/c1-14(23)22-17-10-8-15(9-11-17)12-13-21-18(24)19(2,20)16-6-4-3-5-7-16/h3-11H,12-13,20H2,1-2H3,(H,21,24)(H,22,23). The Morgan fingerprint density at radius 2 is 1.67 bits per heavy atom. The Bertz CT molecular complexity index is 694. The summed E-state index contributed by atoms with van der Waals surface area (Å²) in [4.78, 5) is 23.3. The fraction of sp³-hybridized carbons (Fsp3) is 0.263. The molecule has 0 aliphatic rings. The lowest BCUT2D eigenvalue weighted by molar-refractivity contribution is -0.126. The summed E-state index contributed by atoms with van der Waals surface area (Å²) in [7, 11) is 0. The first-order valence-electron chi connectivity index (χ1n) is 7.89. The van der Waals surface area contributed by atoms with E-state index in [9.17, 15) is 9.59 Å². The molecule has 0 spiro atoms. The average Bonchev–Trinajstić information content (AvgIpc) is 2.56. The van der Waals surface area contributed by atoms with Gasteiger partial charge in [0.15, 0.2) is 0 Å². The van der Waals surface area contributed by atoms with Crippen LogP contribution in [0.25, 0.3) is 0 Å². The molecule has 0 radical (unpaired) electrons. The van der Waals surface area contributed by atoms with Crippen molar-refractivity contribution < 1.29 is 9.59 Å². The molecule has 2 rings (SSSR count). The van der Waals surface area contributed by atoms with Crippen molar-refractivity contribution in [3.05, 3.63) is 65.7 Å². The summed E-state index contributed by atoms with van der Waals surface area (Å²) in [5.41, 5.74) is 7.73. The maximum atomic E-state index is 12.3. The Labute approximate surface area is 142 Å². The molecule has 5 nitrogen and oxygen atoms in total. The fourth-order valence-electron chi connectivity index (χ4n) is 2.38. The smallest absolute Gasteiger partial charge is 0.244 e. The van der Waals surface area contributed by atoms with E-state index in [0.717, 1.165) is 16.8 Å². The highest BCUT2D eigenvalue weighted by atomic mass is 16.2. The van der Waals surface area contributed by atoms with E-state index >= 15 is 0 Å². The number of carbonyl (C=O) groups is 2. The van der Waals surface area contributed by atoms with Gasteiger partial charge in [-0.05, 0) is 36.6 Å². The van der Waals surface area contributed by atoms with Crippen molar-refractivity contribution in [2.45, 2.75) is 25.8 Å². The van der Waals surface area contributed by atoms with Gasteiger partial charge in [-0.1, -0.05) is 42.5 Å².